The number of rotatable bonds is 4. The van der Waals surface area contributed by atoms with Crippen LogP contribution in [0, 0.1) is 6.92 Å². The maximum Gasteiger partial charge on any atom is 0.238 e. The van der Waals surface area contributed by atoms with Gasteiger partial charge < -0.3 is 9.26 Å². The van der Waals surface area contributed by atoms with Gasteiger partial charge in [0.25, 0.3) is 0 Å². The second-order valence-corrected chi connectivity index (χ2v) is 7.39. The molecular formula is C17H20N8O2. The van der Waals surface area contributed by atoms with E-state index in [1.165, 1.54) is 0 Å². The average Bonchev–Trinajstić information content (AvgIpc) is 3.29. The van der Waals surface area contributed by atoms with Crippen molar-refractivity contribution in [3.05, 3.63) is 35.5 Å². The minimum absolute atomic E-state index is 0.223. The van der Waals surface area contributed by atoms with E-state index < -0.39 is 0 Å². The summed E-state index contributed by atoms with van der Waals surface area (Å²) < 4.78 is 14.5. The van der Waals surface area contributed by atoms with Crippen LogP contribution in [-0.4, -0.2) is 40.0 Å². The summed E-state index contributed by atoms with van der Waals surface area (Å²) in [6.45, 7) is 8.38. The highest BCUT2D eigenvalue weighted by Crippen LogP contribution is 2.35. The van der Waals surface area contributed by atoms with Crippen molar-refractivity contribution in [2.75, 3.05) is 0 Å². The number of hydrogen-bond donors (Lipinski definition) is 0. The van der Waals surface area contributed by atoms with Crippen molar-refractivity contribution >= 4 is 5.52 Å². The molecule has 10 heteroatoms. The molecule has 4 heterocycles. The van der Waals surface area contributed by atoms with E-state index in [0.29, 0.717) is 23.2 Å². The maximum absolute atomic E-state index is 6.00. The normalized spacial score (nSPS) is 12.0. The highest BCUT2D eigenvalue weighted by Gasteiger charge is 2.28. The Morgan fingerprint density at radius 2 is 2.04 bits per heavy atom. The number of ether oxygens (including phenoxy) is 1. The molecule has 140 valence electrons. The molecule has 0 N–H and O–H groups in total. The molecule has 27 heavy (non-hydrogen) atoms. The van der Waals surface area contributed by atoms with E-state index in [0.717, 1.165) is 16.8 Å². The van der Waals surface area contributed by atoms with Gasteiger partial charge in [-0.05, 0) is 12.3 Å². The minimum atomic E-state index is -0.223. The van der Waals surface area contributed by atoms with E-state index in [1.807, 2.05) is 14.0 Å². The number of aromatic nitrogens is 8. The van der Waals surface area contributed by atoms with Gasteiger partial charge in [-0.25, -0.2) is 4.52 Å². The quantitative estimate of drug-likeness (QED) is 0.539. The fraction of sp³-hybridized carbons (Fsp3) is 0.412. The summed E-state index contributed by atoms with van der Waals surface area (Å²) >= 11 is 0. The number of nitrogens with zero attached hydrogens (tertiary/aromatic N) is 8. The topological polar surface area (TPSA) is 109 Å². The van der Waals surface area contributed by atoms with Crippen LogP contribution < -0.4 is 4.74 Å². The standard InChI is InChI=1S/C17H20N8O2/c1-10-6-12(22-27-10)15-20-18-7-13-14(17(2,3)4)16(21-25(13)15)26-9-11-8-24(5)23-19-11/h6-8H,9H2,1-5H3. The van der Waals surface area contributed by atoms with Gasteiger partial charge in [0.05, 0.1) is 17.9 Å². The average molecular weight is 368 g/mol. The largest absolute Gasteiger partial charge is 0.470 e. The molecular weight excluding hydrogens is 348 g/mol. The summed E-state index contributed by atoms with van der Waals surface area (Å²) in [6.07, 6.45) is 3.48. The van der Waals surface area contributed by atoms with Crippen molar-refractivity contribution in [1.29, 1.82) is 0 Å². The van der Waals surface area contributed by atoms with Crippen LogP contribution in [0.1, 0.15) is 37.8 Å². The molecule has 0 spiro atoms. The third kappa shape index (κ3) is 3.14. The Bertz CT molecular complexity index is 1100. The van der Waals surface area contributed by atoms with E-state index in [1.54, 1.807) is 27.7 Å². The summed E-state index contributed by atoms with van der Waals surface area (Å²) in [5.41, 5.74) is 2.80. The Morgan fingerprint density at radius 1 is 1.22 bits per heavy atom. The van der Waals surface area contributed by atoms with E-state index in [9.17, 15) is 0 Å². The summed E-state index contributed by atoms with van der Waals surface area (Å²) in [7, 11) is 1.81. The fourth-order valence-corrected chi connectivity index (χ4v) is 2.91. The predicted octanol–water partition coefficient (Wildman–Crippen LogP) is 2.09. The van der Waals surface area contributed by atoms with Crippen LogP contribution in [0.2, 0.25) is 0 Å². The molecule has 0 atom stereocenters. The van der Waals surface area contributed by atoms with Gasteiger partial charge in [0.15, 0.2) is 5.69 Å². The highest BCUT2D eigenvalue weighted by atomic mass is 16.5. The first-order valence-corrected chi connectivity index (χ1v) is 8.49. The molecule has 0 amide bonds. The number of aryl methyl sites for hydroxylation is 2. The van der Waals surface area contributed by atoms with Crippen LogP contribution in [0.25, 0.3) is 17.0 Å². The van der Waals surface area contributed by atoms with Crippen molar-refractivity contribution in [3.63, 3.8) is 0 Å². The molecule has 0 radical (unpaired) electrons. The first-order valence-electron chi connectivity index (χ1n) is 8.49. The lowest BCUT2D eigenvalue weighted by Gasteiger charge is -2.18. The van der Waals surface area contributed by atoms with Gasteiger partial charge in [-0.15, -0.1) is 15.3 Å². The lowest BCUT2D eigenvalue weighted by molar-refractivity contribution is 0.280. The van der Waals surface area contributed by atoms with E-state index in [4.69, 9.17) is 9.26 Å². The Morgan fingerprint density at radius 3 is 2.67 bits per heavy atom. The zero-order chi connectivity index (χ0) is 19.2. The van der Waals surface area contributed by atoms with Crippen LogP contribution in [0.3, 0.4) is 0 Å². The second-order valence-electron chi connectivity index (χ2n) is 7.39. The molecule has 0 saturated carbocycles. The first kappa shape index (κ1) is 17.1. The number of fused-ring (bicyclic) bond motifs is 1. The second kappa shape index (κ2) is 6.15. The summed E-state index contributed by atoms with van der Waals surface area (Å²) in [6, 6.07) is 1.79. The van der Waals surface area contributed by atoms with Gasteiger partial charge in [-0.1, -0.05) is 31.1 Å². The Balaban J connectivity index is 1.82. The zero-order valence-electron chi connectivity index (χ0n) is 15.8. The van der Waals surface area contributed by atoms with Crippen LogP contribution >= 0.6 is 0 Å². The van der Waals surface area contributed by atoms with Gasteiger partial charge in [-0.2, -0.15) is 5.10 Å². The summed E-state index contributed by atoms with van der Waals surface area (Å²) in [4.78, 5) is 0. The van der Waals surface area contributed by atoms with Gasteiger partial charge in [0, 0.05) is 18.7 Å². The van der Waals surface area contributed by atoms with Gasteiger partial charge in [-0.3, -0.25) is 4.68 Å². The SMILES string of the molecule is Cc1cc(-c2nncc3c(C(C)(C)C)c(OCc4cn(C)nn4)nn23)no1. The smallest absolute Gasteiger partial charge is 0.238 e. The van der Waals surface area contributed by atoms with Crippen LogP contribution in [0.5, 0.6) is 5.88 Å². The molecule has 0 aliphatic heterocycles. The number of hydrogen-bond acceptors (Lipinski definition) is 8. The van der Waals surface area contributed by atoms with Crippen LogP contribution in [0.4, 0.5) is 0 Å². The Kier molecular flexibility index (Phi) is 3.90. The first-order chi connectivity index (χ1) is 12.8. The fourth-order valence-electron chi connectivity index (χ4n) is 2.91. The van der Waals surface area contributed by atoms with E-state index >= 15 is 0 Å². The van der Waals surface area contributed by atoms with Crippen LogP contribution in [-0.2, 0) is 19.1 Å². The minimum Gasteiger partial charge on any atom is -0.470 e. The van der Waals surface area contributed by atoms with Crippen molar-refractivity contribution in [3.8, 4) is 17.4 Å². The summed E-state index contributed by atoms with van der Waals surface area (Å²) in [5.74, 6) is 1.68. The molecule has 4 aromatic heterocycles. The van der Waals surface area contributed by atoms with Crippen molar-refractivity contribution < 1.29 is 9.26 Å². The molecule has 0 unspecified atom stereocenters. The maximum atomic E-state index is 6.00. The molecule has 0 aromatic carbocycles. The van der Waals surface area contributed by atoms with Crippen LogP contribution in [0.15, 0.2) is 23.0 Å². The van der Waals surface area contributed by atoms with Gasteiger partial charge in [0.1, 0.15) is 18.1 Å². The zero-order valence-corrected chi connectivity index (χ0v) is 15.8. The van der Waals surface area contributed by atoms with Crippen molar-refractivity contribution in [1.82, 2.24) is 40.0 Å². The van der Waals surface area contributed by atoms with Crippen molar-refractivity contribution in [2.45, 2.75) is 39.7 Å². The highest BCUT2D eigenvalue weighted by molar-refractivity contribution is 5.64. The van der Waals surface area contributed by atoms with E-state index in [2.05, 4.69) is 51.5 Å². The monoisotopic (exact) mass is 368 g/mol. The predicted molar refractivity (Wildman–Crippen MR) is 95.1 cm³/mol. The Labute approximate surface area is 155 Å². The summed E-state index contributed by atoms with van der Waals surface area (Å²) in [5, 5.41) is 25.0. The molecule has 0 fully saturated rings. The molecule has 4 rings (SSSR count). The molecule has 4 aromatic rings. The molecule has 0 bridgehead atoms. The third-order valence-corrected chi connectivity index (χ3v) is 4.04. The Hall–Kier alpha value is -3.30. The van der Waals surface area contributed by atoms with Crippen molar-refractivity contribution in [2.24, 2.45) is 7.05 Å². The third-order valence-electron chi connectivity index (χ3n) is 4.04. The molecule has 0 aliphatic rings. The molecule has 0 aliphatic carbocycles. The molecule has 0 saturated heterocycles. The van der Waals surface area contributed by atoms with Gasteiger partial charge >= 0.3 is 0 Å². The lowest BCUT2D eigenvalue weighted by atomic mass is 9.88. The lowest BCUT2D eigenvalue weighted by Crippen LogP contribution is -2.13. The molecule has 10 nitrogen and oxygen atoms in total. The van der Waals surface area contributed by atoms with E-state index in [-0.39, 0.29) is 12.0 Å². The van der Waals surface area contributed by atoms with Gasteiger partial charge in [0.2, 0.25) is 11.7 Å².